The summed E-state index contributed by atoms with van der Waals surface area (Å²) in [6.07, 6.45) is 1.50. The van der Waals surface area contributed by atoms with Gasteiger partial charge in [0.15, 0.2) is 11.5 Å². The molecule has 0 saturated heterocycles. The van der Waals surface area contributed by atoms with E-state index in [0.717, 1.165) is 5.56 Å². The molecule has 0 bridgehead atoms. The number of rotatable bonds is 5. The summed E-state index contributed by atoms with van der Waals surface area (Å²) in [5.41, 5.74) is 1.48. The number of nitrogens with zero attached hydrogens (tertiary/aromatic N) is 1. The van der Waals surface area contributed by atoms with Crippen LogP contribution in [0.25, 0.3) is 0 Å². The van der Waals surface area contributed by atoms with E-state index in [9.17, 15) is 4.39 Å². The molecule has 0 spiro atoms. The maximum atomic E-state index is 13.0. The average molecular weight is 309 g/mol. The quantitative estimate of drug-likeness (QED) is 0.523. The van der Waals surface area contributed by atoms with Gasteiger partial charge < -0.3 is 15.3 Å². The average Bonchev–Trinajstić information content (AvgIpc) is 2.47. The molecule has 0 aliphatic heterocycles. The summed E-state index contributed by atoms with van der Waals surface area (Å²) in [5, 5.41) is 3.77. The van der Waals surface area contributed by atoms with E-state index < -0.39 is 0 Å². The predicted octanol–water partition coefficient (Wildman–Crippen LogP) is 3.36. The van der Waals surface area contributed by atoms with Gasteiger partial charge in [-0.15, -0.1) is 0 Å². The summed E-state index contributed by atoms with van der Waals surface area (Å²) in [6, 6.07) is 9.45. The van der Waals surface area contributed by atoms with Gasteiger partial charge in [-0.2, -0.15) is 5.10 Å². The van der Waals surface area contributed by atoms with Crippen molar-refractivity contribution in [1.29, 1.82) is 0 Å². The molecule has 0 fully saturated rings. The highest BCUT2D eigenvalue weighted by atomic mass is 35.5. The van der Waals surface area contributed by atoms with Gasteiger partial charge in [-0.3, -0.25) is 0 Å². The van der Waals surface area contributed by atoms with E-state index in [1.54, 1.807) is 24.3 Å². The first kappa shape index (κ1) is 15.1. The number of halogens is 2. The summed E-state index contributed by atoms with van der Waals surface area (Å²) >= 11 is 5.95. The fraction of sp³-hybridized carbons (Fsp3) is 0.133. The van der Waals surface area contributed by atoms with Gasteiger partial charge in [-0.05, 0) is 35.9 Å². The van der Waals surface area contributed by atoms with Crippen LogP contribution in [0.5, 0.6) is 11.5 Å². The number of hydrogen-bond donors (Lipinski definition) is 1. The third kappa shape index (κ3) is 3.86. The fourth-order valence-corrected chi connectivity index (χ4v) is 1.99. The maximum Gasteiger partial charge on any atom is 0.161 e. The van der Waals surface area contributed by atoms with E-state index in [-0.39, 0.29) is 12.4 Å². The van der Waals surface area contributed by atoms with Crippen LogP contribution in [0, 0.1) is 5.82 Å². The van der Waals surface area contributed by atoms with Crippen LogP contribution < -0.4 is 15.3 Å². The molecule has 110 valence electrons. The Balaban J connectivity index is 2.15. The Bertz CT molecular complexity index is 662. The lowest BCUT2D eigenvalue weighted by atomic mass is 10.2. The minimum absolute atomic E-state index is 0.208. The van der Waals surface area contributed by atoms with Gasteiger partial charge in [0.25, 0.3) is 0 Å². The molecule has 2 aromatic carbocycles. The van der Waals surface area contributed by atoms with Crippen LogP contribution in [-0.4, -0.2) is 13.3 Å². The van der Waals surface area contributed by atoms with E-state index in [1.807, 2.05) is 0 Å². The minimum atomic E-state index is -0.383. The smallest absolute Gasteiger partial charge is 0.161 e. The normalized spacial score (nSPS) is 10.8. The van der Waals surface area contributed by atoms with Crippen LogP contribution in [0.3, 0.4) is 0 Å². The van der Waals surface area contributed by atoms with E-state index >= 15 is 0 Å². The molecule has 0 aliphatic rings. The second-order valence-corrected chi connectivity index (χ2v) is 4.62. The SMILES string of the molecule is COc1cc(C=NN)ccc1OCc1ccc(F)cc1Cl. The van der Waals surface area contributed by atoms with Gasteiger partial charge in [-0.1, -0.05) is 17.7 Å². The van der Waals surface area contributed by atoms with Crippen LogP contribution in [0.15, 0.2) is 41.5 Å². The summed E-state index contributed by atoms with van der Waals surface area (Å²) in [5.74, 6) is 5.82. The summed E-state index contributed by atoms with van der Waals surface area (Å²) in [6.45, 7) is 0.208. The first-order chi connectivity index (χ1) is 10.1. The molecule has 0 amide bonds. The van der Waals surface area contributed by atoms with Crippen LogP contribution in [0.2, 0.25) is 5.02 Å². The first-order valence-electron chi connectivity index (χ1n) is 6.12. The molecule has 0 radical (unpaired) electrons. The van der Waals surface area contributed by atoms with Gasteiger partial charge in [0, 0.05) is 5.56 Å². The number of benzene rings is 2. The van der Waals surface area contributed by atoms with Crippen molar-refractivity contribution in [2.45, 2.75) is 6.61 Å². The monoisotopic (exact) mass is 308 g/mol. The Morgan fingerprint density at radius 1 is 1.24 bits per heavy atom. The van der Waals surface area contributed by atoms with Gasteiger partial charge in [0.2, 0.25) is 0 Å². The predicted molar refractivity (Wildman–Crippen MR) is 80.5 cm³/mol. The maximum absolute atomic E-state index is 13.0. The Hall–Kier alpha value is -2.27. The molecule has 2 aromatic rings. The number of ether oxygens (including phenoxy) is 2. The summed E-state index contributed by atoms with van der Waals surface area (Å²) < 4.78 is 23.9. The molecule has 0 heterocycles. The summed E-state index contributed by atoms with van der Waals surface area (Å²) in [7, 11) is 1.54. The van der Waals surface area contributed by atoms with Crippen molar-refractivity contribution < 1.29 is 13.9 Å². The van der Waals surface area contributed by atoms with Crippen molar-refractivity contribution in [3.8, 4) is 11.5 Å². The van der Waals surface area contributed by atoms with Crippen molar-refractivity contribution in [3.05, 3.63) is 58.4 Å². The molecule has 2 N–H and O–H groups in total. The highest BCUT2D eigenvalue weighted by Crippen LogP contribution is 2.29. The molecule has 2 rings (SSSR count). The Kier molecular flexibility index (Phi) is 5.00. The van der Waals surface area contributed by atoms with Gasteiger partial charge in [-0.25, -0.2) is 4.39 Å². The van der Waals surface area contributed by atoms with E-state index in [2.05, 4.69) is 5.10 Å². The lowest BCUT2D eigenvalue weighted by molar-refractivity contribution is 0.284. The second kappa shape index (κ2) is 6.95. The molecule has 0 aromatic heterocycles. The highest BCUT2D eigenvalue weighted by molar-refractivity contribution is 6.31. The van der Waals surface area contributed by atoms with Crippen molar-refractivity contribution in [2.24, 2.45) is 10.9 Å². The second-order valence-electron chi connectivity index (χ2n) is 4.21. The number of hydrogen-bond acceptors (Lipinski definition) is 4. The molecule has 0 unspecified atom stereocenters. The van der Waals surface area contributed by atoms with Crippen molar-refractivity contribution >= 4 is 17.8 Å². The van der Waals surface area contributed by atoms with Gasteiger partial charge >= 0.3 is 0 Å². The Labute approximate surface area is 126 Å². The van der Waals surface area contributed by atoms with Crippen molar-refractivity contribution in [3.63, 3.8) is 0 Å². The third-order valence-corrected chi connectivity index (χ3v) is 3.16. The largest absolute Gasteiger partial charge is 0.493 e. The molecule has 21 heavy (non-hydrogen) atoms. The van der Waals surface area contributed by atoms with E-state index in [1.165, 1.54) is 25.5 Å². The van der Waals surface area contributed by atoms with Crippen LogP contribution in [0.4, 0.5) is 4.39 Å². The number of methoxy groups -OCH3 is 1. The van der Waals surface area contributed by atoms with Crippen LogP contribution in [-0.2, 0) is 6.61 Å². The molecule has 0 atom stereocenters. The van der Waals surface area contributed by atoms with Crippen molar-refractivity contribution in [2.75, 3.05) is 7.11 Å². The van der Waals surface area contributed by atoms with Gasteiger partial charge in [0.1, 0.15) is 12.4 Å². The standard InChI is InChI=1S/C15H14ClFN2O2/c1-20-15-6-10(8-19-18)2-5-14(15)21-9-11-3-4-12(17)7-13(11)16/h2-8H,9,18H2,1H3. The first-order valence-corrected chi connectivity index (χ1v) is 6.50. The molecule has 0 saturated carbocycles. The zero-order chi connectivity index (χ0) is 15.2. The van der Waals surface area contributed by atoms with E-state index in [0.29, 0.717) is 22.1 Å². The zero-order valence-corrected chi connectivity index (χ0v) is 12.1. The van der Waals surface area contributed by atoms with Crippen LogP contribution >= 0.6 is 11.6 Å². The van der Waals surface area contributed by atoms with E-state index in [4.69, 9.17) is 26.9 Å². The Morgan fingerprint density at radius 2 is 2.05 bits per heavy atom. The molecule has 0 aliphatic carbocycles. The highest BCUT2D eigenvalue weighted by Gasteiger charge is 2.08. The number of nitrogens with two attached hydrogens (primary N) is 1. The lowest BCUT2D eigenvalue weighted by Gasteiger charge is -2.12. The molecule has 6 heteroatoms. The minimum Gasteiger partial charge on any atom is -0.493 e. The molecular weight excluding hydrogens is 295 g/mol. The fourth-order valence-electron chi connectivity index (χ4n) is 1.76. The third-order valence-electron chi connectivity index (χ3n) is 2.81. The Morgan fingerprint density at radius 3 is 2.71 bits per heavy atom. The zero-order valence-electron chi connectivity index (χ0n) is 11.3. The lowest BCUT2D eigenvalue weighted by Crippen LogP contribution is -1.99. The topological polar surface area (TPSA) is 56.8 Å². The van der Waals surface area contributed by atoms with Crippen molar-refractivity contribution in [1.82, 2.24) is 0 Å². The summed E-state index contributed by atoms with van der Waals surface area (Å²) in [4.78, 5) is 0. The van der Waals surface area contributed by atoms with Crippen LogP contribution in [0.1, 0.15) is 11.1 Å². The number of hydrazone groups is 1. The molecule has 4 nitrogen and oxygen atoms in total. The van der Waals surface area contributed by atoms with Gasteiger partial charge in [0.05, 0.1) is 18.3 Å². The molecular formula is C15H14ClFN2O2.